The van der Waals surface area contributed by atoms with E-state index in [0.29, 0.717) is 0 Å². The molecule has 2 aromatic carbocycles. The van der Waals surface area contributed by atoms with E-state index >= 15 is 0 Å². The summed E-state index contributed by atoms with van der Waals surface area (Å²) in [7, 11) is 0. The summed E-state index contributed by atoms with van der Waals surface area (Å²) in [4.78, 5) is 16.5. The highest BCUT2D eigenvalue weighted by Crippen LogP contribution is 2.53. The zero-order chi connectivity index (χ0) is 18.3. The first kappa shape index (κ1) is 17.5. The number of hydrogen-bond donors (Lipinski definition) is 1. The van der Waals surface area contributed by atoms with E-state index in [2.05, 4.69) is 17.0 Å². The minimum absolute atomic E-state index is 0.00191. The molecule has 0 radical (unpaired) electrons. The predicted molar refractivity (Wildman–Crippen MR) is 102 cm³/mol. The largest absolute Gasteiger partial charge is 0.394 e. The zero-order valence-electron chi connectivity index (χ0n) is 14.8. The summed E-state index contributed by atoms with van der Waals surface area (Å²) >= 11 is 5.96. The van der Waals surface area contributed by atoms with Crippen LogP contribution in [0.4, 0.5) is 0 Å². The van der Waals surface area contributed by atoms with Crippen LogP contribution in [0.25, 0.3) is 0 Å². The lowest BCUT2D eigenvalue weighted by Gasteiger charge is -2.70. The van der Waals surface area contributed by atoms with Crippen molar-refractivity contribution in [3.8, 4) is 0 Å². The molecule has 2 aromatic rings. The molecule has 4 rings (SSSR count). The van der Waals surface area contributed by atoms with Crippen LogP contribution in [0.15, 0.2) is 54.6 Å². The van der Waals surface area contributed by atoms with Gasteiger partial charge >= 0.3 is 0 Å². The third kappa shape index (κ3) is 2.73. The first-order valence-electron chi connectivity index (χ1n) is 8.98. The van der Waals surface area contributed by atoms with E-state index < -0.39 is 0 Å². The fraction of sp³-hybridized carbons (Fsp3) is 0.381. The first-order valence-corrected chi connectivity index (χ1v) is 9.35. The van der Waals surface area contributed by atoms with E-state index in [1.165, 1.54) is 11.1 Å². The molecule has 2 fully saturated rings. The fourth-order valence-corrected chi connectivity index (χ4v) is 5.00. The molecule has 136 valence electrons. The van der Waals surface area contributed by atoms with Crippen LogP contribution in [0, 0.1) is 0 Å². The number of rotatable bonds is 4. The summed E-state index contributed by atoms with van der Waals surface area (Å²) in [5, 5.41) is 10.6. The maximum absolute atomic E-state index is 12.3. The van der Waals surface area contributed by atoms with E-state index in [4.69, 9.17) is 11.6 Å². The molecule has 2 aliphatic heterocycles. The molecule has 0 unspecified atom stereocenters. The Bertz CT molecular complexity index is 787. The van der Waals surface area contributed by atoms with Crippen molar-refractivity contribution in [1.29, 1.82) is 0 Å². The van der Waals surface area contributed by atoms with Crippen molar-refractivity contribution in [2.24, 2.45) is 0 Å². The number of amides is 1. The summed E-state index contributed by atoms with van der Waals surface area (Å²) < 4.78 is 0. The van der Waals surface area contributed by atoms with E-state index in [9.17, 15) is 9.90 Å². The summed E-state index contributed by atoms with van der Waals surface area (Å²) in [5.74, 6) is 0.224. The highest BCUT2D eigenvalue weighted by molar-refractivity contribution is 6.30. The number of nitrogens with zero attached hydrogens (tertiary/aromatic N) is 2. The molecule has 0 aromatic heterocycles. The van der Waals surface area contributed by atoms with Gasteiger partial charge in [-0.2, -0.15) is 0 Å². The molecule has 26 heavy (non-hydrogen) atoms. The lowest BCUT2D eigenvalue weighted by molar-refractivity contribution is -0.199. The number of halogens is 1. The van der Waals surface area contributed by atoms with Gasteiger partial charge in [0.1, 0.15) is 0 Å². The molecule has 2 heterocycles. The predicted octanol–water partition coefficient (Wildman–Crippen LogP) is 2.90. The van der Waals surface area contributed by atoms with Crippen molar-refractivity contribution in [3.05, 3.63) is 70.7 Å². The molecule has 1 amide bonds. The Balaban J connectivity index is 1.55. The van der Waals surface area contributed by atoms with Gasteiger partial charge in [0.15, 0.2) is 0 Å². The number of hydrogen-bond acceptors (Lipinski definition) is 3. The smallest absolute Gasteiger partial charge is 0.220 e. The van der Waals surface area contributed by atoms with Crippen molar-refractivity contribution >= 4 is 17.5 Å². The maximum Gasteiger partial charge on any atom is 0.220 e. The molecule has 0 aliphatic carbocycles. The molecule has 1 N–H and O–H groups in total. The van der Waals surface area contributed by atoms with Crippen molar-refractivity contribution < 1.29 is 9.90 Å². The lowest BCUT2D eigenvalue weighted by atomic mass is 9.60. The number of carbonyl (C=O) groups is 1. The van der Waals surface area contributed by atoms with Gasteiger partial charge in [0.2, 0.25) is 5.91 Å². The van der Waals surface area contributed by atoms with Crippen LogP contribution in [-0.4, -0.2) is 52.1 Å². The van der Waals surface area contributed by atoms with Crippen molar-refractivity contribution in [2.45, 2.75) is 31.0 Å². The molecular formula is C21H23ClN2O2. The Morgan fingerprint density at radius 2 is 1.81 bits per heavy atom. The molecule has 0 saturated carbocycles. The van der Waals surface area contributed by atoms with E-state index in [-0.39, 0.29) is 30.0 Å². The van der Waals surface area contributed by atoms with Gasteiger partial charge in [-0.05, 0) is 23.3 Å². The maximum atomic E-state index is 12.3. The summed E-state index contributed by atoms with van der Waals surface area (Å²) in [6, 6.07) is 18.0. The second-order valence-electron chi connectivity index (χ2n) is 7.40. The average molecular weight is 371 g/mol. The number of carbonyl (C=O) groups excluding carboxylic acids is 1. The third-order valence-corrected chi connectivity index (χ3v) is 6.03. The van der Waals surface area contributed by atoms with Gasteiger partial charge in [0.05, 0.1) is 18.2 Å². The monoisotopic (exact) mass is 370 g/mol. The van der Waals surface area contributed by atoms with Crippen LogP contribution in [0.3, 0.4) is 0 Å². The quantitative estimate of drug-likeness (QED) is 0.900. The van der Waals surface area contributed by atoms with Gasteiger partial charge < -0.3 is 10.0 Å². The molecule has 2 atom stereocenters. The van der Waals surface area contributed by atoms with Crippen molar-refractivity contribution in [2.75, 3.05) is 19.7 Å². The Hall–Kier alpha value is -1.88. The fourth-order valence-electron chi connectivity index (χ4n) is 4.87. The van der Waals surface area contributed by atoms with Crippen molar-refractivity contribution in [1.82, 2.24) is 9.80 Å². The average Bonchev–Trinajstić information content (AvgIpc) is 2.58. The Labute approximate surface area is 159 Å². The van der Waals surface area contributed by atoms with E-state index in [1.54, 1.807) is 6.92 Å². The Morgan fingerprint density at radius 1 is 1.15 bits per heavy atom. The lowest BCUT2D eigenvalue weighted by Crippen LogP contribution is -2.85. The van der Waals surface area contributed by atoms with E-state index in [1.807, 2.05) is 47.4 Å². The molecule has 2 saturated heterocycles. The molecule has 0 bridgehead atoms. The van der Waals surface area contributed by atoms with Gasteiger partial charge in [-0.25, -0.2) is 0 Å². The second kappa shape index (κ2) is 6.69. The zero-order valence-corrected chi connectivity index (χ0v) is 15.6. The minimum atomic E-state index is -0.201. The Morgan fingerprint density at radius 3 is 2.38 bits per heavy atom. The molecule has 2 aliphatic rings. The molecule has 5 heteroatoms. The van der Waals surface area contributed by atoms with Crippen molar-refractivity contribution in [3.63, 3.8) is 0 Å². The topological polar surface area (TPSA) is 43.8 Å². The number of likely N-dealkylation sites (tertiary alicyclic amines) is 2. The number of aliphatic hydroxyl groups excluding tert-OH is 1. The highest BCUT2D eigenvalue weighted by atomic mass is 35.5. The molecule has 4 nitrogen and oxygen atoms in total. The van der Waals surface area contributed by atoms with Gasteiger partial charge in [0.25, 0.3) is 0 Å². The van der Waals surface area contributed by atoms with E-state index in [0.717, 1.165) is 24.7 Å². The van der Waals surface area contributed by atoms with Gasteiger partial charge in [-0.1, -0.05) is 54.1 Å². The minimum Gasteiger partial charge on any atom is -0.394 e. The van der Waals surface area contributed by atoms with Crippen LogP contribution >= 0.6 is 11.6 Å². The molecular weight excluding hydrogens is 348 g/mol. The van der Waals surface area contributed by atoms with Gasteiger partial charge in [-0.3, -0.25) is 9.69 Å². The van der Waals surface area contributed by atoms with Gasteiger partial charge in [0, 0.05) is 37.5 Å². The van der Waals surface area contributed by atoms with Gasteiger partial charge in [-0.15, -0.1) is 0 Å². The van der Waals surface area contributed by atoms with Crippen LogP contribution in [-0.2, 0) is 11.3 Å². The molecule has 1 spiro atoms. The third-order valence-electron chi connectivity index (χ3n) is 5.77. The normalized spacial score (nSPS) is 24.2. The van der Waals surface area contributed by atoms with Crippen LogP contribution in [0.2, 0.25) is 5.02 Å². The number of aliphatic hydroxyl groups is 1. The Kier molecular flexibility index (Phi) is 4.51. The first-order chi connectivity index (χ1) is 12.5. The summed E-state index contributed by atoms with van der Waals surface area (Å²) in [6.07, 6.45) is 0. The standard InChI is InChI=1S/C21H23ClN2O2/c1-15(26)24-19(12-25)20(17-5-3-2-4-6-17)21(24)13-23(14-21)11-16-7-9-18(22)10-8-16/h2-10,19-20,25H,11-14H2,1H3/t19-,20+/m0/s1. The highest BCUT2D eigenvalue weighted by Gasteiger charge is 2.66. The van der Waals surface area contributed by atoms with Crippen LogP contribution in [0.5, 0.6) is 0 Å². The summed E-state index contributed by atoms with van der Waals surface area (Å²) in [5.41, 5.74) is 2.22. The second-order valence-corrected chi connectivity index (χ2v) is 7.84. The van der Waals surface area contributed by atoms with Crippen LogP contribution < -0.4 is 0 Å². The SMILES string of the molecule is CC(=O)N1[C@@H](CO)[C@@H](c2ccccc2)C12CN(Cc1ccc(Cl)cc1)C2. The number of benzene rings is 2. The van der Waals surface area contributed by atoms with Crippen LogP contribution in [0.1, 0.15) is 24.0 Å². The summed E-state index contributed by atoms with van der Waals surface area (Å²) in [6.45, 7) is 4.10.